The van der Waals surface area contributed by atoms with E-state index >= 15 is 8.78 Å². The number of nitrogens with one attached hydrogen (secondary N) is 2. The third-order valence-corrected chi connectivity index (χ3v) is 4.93. The quantitative estimate of drug-likeness (QED) is 0.448. The molecule has 0 spiro atoms. The second-order valence-electron chi connectivity index (χ2n) is 8.49. The Morgan fingerprint density at radius 3 is 2.00 bits per heavy atom. The number of anilines is 1. The Labute approximate surface area is 186 Å². The summed E-state index contributed by atoms with van der Waals surface area (Å²) in [6.07, 6.45) is 0. The van der Waals surface area contributed by atoms with Gasteiger partial charge in [-0.3, -0.25) is 14.4 Å². The molecule has 33 heavy (non-hydrogen) atoms. The van der Waals surface area contributed by atoms with Gasteiger partial charge in [-0.1, -0.05) is 39.0 Å². The topological polar surface area (TPSA) is 113 Å². The number of rotatable bonds is 5. The van der Waals surface area contributed by atoms with Gasteiger partial charge in [0.2, 0.25) is 17.5 Å². The van der Waals surface area contributed by atoms with E-state index in [1.54, 1.807) is 0 Å². The average molecular weight is 470 g/mol. The van der Waals surface area contributed by atoms with Crippen LogP contribution >= 0.6 is 0 Å². The van der Waals surface area contributed by atoms with Crippen LogP contribution in [0.3, 0.4) is 0 Å². The molecule has 1 aromatic carbocycles. The van der Waals surface area contributed by atoms with Gasteiger partial charge in [-0.25, -0.2) is 22.4 Å². The Hall–Kier alpha value is -3.50. The first-order valence-corrected chi connectivity index (χ1v) is 9.62. The summed E-state index contributed by atoms with van der Waals surface area (Å²) in [5.74, 6) is -15.0. The number of hydrogen-bond acceptors (Lipinski definition) is 4. The smallest absolute Gasteiger partial charge is 0.339 e. The molecule has 178 valence electrons. The van der Waals surface area contributed by atoms with Gasteiger partial charge in [-0.15, -0.1) is 0 Å². The van der Waals surface area contributed by atoms with Gasteiger partial charge in [0.15, 0.2) is 17.4 Å². The number of benzene rings is 1. The fourth-order valence-electron chi connectivity index (χ4n) is 3.39. The molecule has 7 nitrogen and oxygen atoms in total. The molecule has 2 amide bonds. The lowest BCUT2D eigenvalue weighted by atomic mass is 9.71. The van der Waals surface area contributed by atoms with Crippen molar-refractivity contribution < 1.29 is 41.8 Å². The molecule has 11 heteroatoms. The van der Waals surface area contributed by atoms with Gasteiger partial charge < -0.3 is 15.7 Å². The molecule has 0 bridgehead atoms. The predicted octanol–water partition coefficient (Wildman–Crippen LogP) is 3.77. The van der Waals surface area contributed by atoms with E-state index < -0.39 is 74.5 Å². The number of alkyl halides is 2. The SMILES string of the molecule is CC(=O)NC1(F)C(F)=C(F)C(C(=O)O)=C(C(C)=O)C1(F)c1ccccc1NC(=O)C(C)(C)C. The van der Waals surface area contributed by atoms with Gasteiger partial charge in [0.1, 0.15) is 5.57 Å². The highest BCUT2D eigenvalue weighted by Crippen LogP contribution is 2.56. The monoisotopic (exact) mass is 470 g/mol. The normalized spacial score (nSPS) is 23.3. The van der Waals surface area contributed by atoms with Crippen LogP contribution in [0.1, 0.15) is 40.2 Å². The van der Waals surface area contributed by atoms with Crippen molar-refractivity contribution in [1.82, 2.24) is 5.32 Å². The van der Waals surface area contributed by atoms with Crippen molar-refractivity contribution in [3.63, 3.8) is 0 Å². The van der Waals surface area contributed by atoms with E-state index in [2.05, 4.69) is 5.32 Å². The molecular weight excluding hydrogens is 448 g/mol. The molecule has 1 aliphatic rings. The molecule has 1 aromatic rings. The molecule has 2 rings (SSSR count). The summed E-state index contributed by atoms with van der Waals surface area (Å²) in [7, 11) is 0. The van der Waals surface area contributed by atoms with Crippen molar-refractivity contribution >= 4 is 29.3 Å². The van der Waals surface area contributed by atoms with Crippen LogP contribution in [-0.4, -0.2) is 34.5 Å². The number of ketones is 1. The highest BCUT2D eigenvalue weighted by Gasteiger charge is 2.68. The molecule has 0 aliphatic heterocycles. The van der Waals surface area contributed by atoms with Crippen molar-refractivity contribution in [2.75, 3.05) is 5.32 Å². The zero-order valence-electron chi connectivity index (χ0n) is 18.4. The number of carbonyl (C=O) groups excluding carboxylic acids is 3. The summed E-state index contributed by atoms with van der Waals surface area (Å²) < 4.78 is 62.7. The Morgan fingerprint density at radius 2 is 1.55 bits per heavy atom. The number of Topliss-reactive ketones (excluding diaryl/α,β-unsaturated/α-hetero) is 1. The number of amides is 2. The third-order valence-electron chi connectivity index (χ3n) is 4.93. The molecular formula is C22H22F4N2O5. The van der Waals surface area contributed by atoms with Gasteiger partial charge in [-0.05, 0) is 13.0 Å². The van der Waals surface area contributed by atoms with Gasteiger partial charge in [-0.2, -0.15) is 0 Å². The van der Waals surface area contributed by atoms with Crippen molar-refractivity contribution in [3.8, 4) is 0 Å². The van der Waals surface area contributed by atoms with E-state index in [0.717, 1.165) is 18.2 Å². The first-order valence-electron chi connectivity index (χ1n) is 9.62. The summed E-state index contributed by atoms with van der Waals surface area (Å²) in [6.45, 7) is 5.84. The molecule has 0 saturated heterocycles. The Balaban J connectivity index is 3.04. The predicted molar refractivity (Wildman–Crippen MR) is 110 cm³/mol. The first-order chi connectivity index (χ1) is 15.0. The molecule has 3 N–H and O–H groups in total. The maximum Gasteiger partial charge on any atom is 0.339 e. The Bertz CT molecular complexity index is 1120. The first kappa shape index (κ1) is 25.8. The van der Waals surface area contributed by atoms with Gasteiger partial charge in [0, 0.05) is 23.6 Å². The second-order valence-corrected chi connectivity index (χ2v) is 8.49. The van der Waals surface area contributed by atoms with Crippen molar-refractivity contribution in [1.29, 1.82) is 0 Å². The van der Waals surface area contributed by atoms with E-state index in [4.69, 9.17) is 0 Å². The zero-order chi connectivity index (χ0) is 25.5. The van der Waals surface area contributed by atoms with Crippen molar-refractivity contribution in [2.45, 2.75) is 46.1 Å². The summed E-state index contributed by atoms with van der Waals surface area (Å²) in [5.41, 5.74) is -9.80. The zero-order valence-corrected chi connectivity index (χ0v) is 18.4. The molecule has 0 radical (unpaired) electrons. The molecule has 1 aliphatic carbocycles. The van der Waals surface area contributed by atoms with E-state index in [1.165, 1.54) is 32.2 Å². The minimum atomic E-state index is -4.36. The van der Waals surface area contributed by atoms with Crippen LogP contribution in [0.25, 0.3) is 0 Å². The maximum absolute atomic E-state index is 16.9. The highest BCUT2D eigenvalue weighted by molar-refractivity contribution is 6.08. The minimum Gasteiger partial charge on any atom is -0.478 e. The van der Waals surface area contributed by atoms with E-state index in [-0.39, 0.29) is 0 Å². The van der Waals surface area contributed by atoms with Crippen LogP contribution in [0.5, 0.6) is 0 Å². The number of carboxylic acid groups (broad SMARTS) is 1. The fraction of sp³-hybridized carbons (Fsp3) is 0.364. The van der Waals surface area contributed by atoms with E-state index in [1.807, 2.05) is 0 Å². The van der Waals surface area contributed by atoms with Crippen LogP contribution in [0.4, 0.5) is 23.2 Å². The number of para-hydroxylation sites is 1. The largest absolute Gasteiger partial charge is 0.478 e. The van der Waals surface area contributed by atoms with Crippen molar-refractivity contribution in [2.24, 2.45) is 5.41 Å². The maximum atomic E-state index is 16.9. The summed E-state index contributed by atoms with van der Waals surface area (Å²) in [6, 6.07) is 4.39. The Kier molecular flexibility index (Phi) is 6.60. The lowest BCUT2D eigenvalue weighted by molar-refractivity contribution is -0.135. The molecule has 0 aromatic heterocycles. The number of carboxylic acids is 1. The molecule has 2 atom stereocenters. The molecule has 0 fully saturated rings. The number of hydrogen-bond donors (Lipinski definition) is 3. The molecule has 2 unspecified atom stereocenters. The summed E-state index contributed by atoms with van der Waals surface area (Å²) in [5, 5.41) is 13.1. The fourth-order valence-corrected chi connectivity index (χ4v) is 3.39. The minimum absolute atomic E-state index is 0.453. The number of halogens is 4. The molecule has 0 heterocycles. The summed E-state index contributed by atoms with van der Waals surface area (Å²) in [4.78, 5) is 48.2. The summed E-state index contributed by atoms with van der Waals surface area (Å²) >= 11 is 0. The third kappa shape index (κ3) is 4.14. The standard InChI is InChI=1S/C22H22F4N2O5/c1-10(29)15-14(18(31)32)16(23)17(24)22(26,28-11(2)30)21(15,25)12-8-6-7-9-13(12)27-19(33)20(3,4)5/h6-9H,1-5H3,(H,27,33)(H,28,30)(H,31,32). The van der Waals surface area contributed by atoms with Crippen LogP contribution in [0, 0.1) is 5.41 Å². The number of aliphatic carboxylic acids is 1. The Morgan fingerprint density at radius 1 is 1.00 bits per heavy atom. The van der Waals surface area contributed by atoms with Crippen molar-refractivity contribution in [3.05, 3.63) is 52.6 Å². The number of carbonyl (C=O) groups is 4. The van der Waals surface area contributed by atoms with Crippen LogP contribution in [-0.2, 0) is 24.8 Å². The average Bonchev–Trinajstić information content (AvgIpc) is 2.67. The second kappa shape index (κ2) is 8.45. The highest BCUT2D eigenvalue weighted by atomic mass is 19.2. The lowest BCUT2D eigenvalue weighted by Crippen LogP contribution is -2.61. The van der Waals surface area contributed by atoms with Crippen LogP contribution in [0.15, 0.2) is 47.1 Å². The van der Waals surface area contributed by atoms with Gasteiger partial charge in [0.05, 0.1) is 5.57 Å². The van der Waals surface area contributed by atoms with E-state index in [0.29, 0.717) is 13.8 Å². The molecule has 0 saturated carbocycles. The van der Waals surface area contributed by atoms with Crippen LogP contribution < -0.4 is 10.6 Å². The van der Waals surface area contributed by atoms with E-state index in [9.17, 15) is 33.1 Å². The van der Waals surface area contributed by atoms with Gasteiger partial charge >= 0.3 is 5.97 Å². The van der Waals surface area contributed by atoms with Gasteiger partial charge in [0.25, 0.3) is 5.79 Å². The van der Waals surface area contributed by atoms with Crippen LogP contribution in [0.2, 0.25) is 0 Å². The lowest BCUT2D eigenvalue weighted by Gasteiger charge is -2.43.